The third-order valence-electron chi connectivity index (χ3n) is 3.76. The van der Waals surface area contributed by atoms with Gasteiger partial charge in [0.05, 0.1) is 0 Å². The molecule has 2 aromatic carbocycles. The van der Waals surface area contributed by atoms with Crippen molar-refractivity contribution in [1.29, 1.82) is 0 Å². The standard InChI is InChI=1S/C18H18BrNS/c1-11(2)18(20)17-8-7-16(21-17)14-4-3-13-10-15(19)6-5-12(13)9-14/h3-11,18H,20H2,1-2H3. The molecule has 3 heteroatoms. The van der Waals surface area contributed by atoms with E-state index in [9.17, 15) is 0 Å². The van der Waals surface area contributed by atoms with Gasteiger partial charge < -0.3 is 5.73 Å². The zero-order valence-corrected chi connectivity index (χ0v) is 14.5. The third-order valence-corrected chi connectivity index (χ3v) is 5.49. The molecule has 1 unspecified atom stereocenters. The van der Waals surface area contributed by atoms with Crippen LogP contribution in [0, 0.1) is 5.92 Å². The van der Waals surface area contributed by atoms with Crippen LogP contribution >= 0.6 is 27.3 Å². The fourth-order valence-corrected chi connectivity index (χ4v) is 3.94. The Labute approximate surface area is 137 Å². The fraction of sp³-hybridized carbons (Fsp3) is 0.222. The van der Waals surface area contributed by atoms with Gasteiger partial charge in [0.25, 0.3) is 0 Å². The fourth-order valence-electron chi connectivity index (χ4n) is 2.39. The molecule has 0 saturated heterocycles. The number of nitrogens with two attached hydrogens (primary N) is 1. The minimum Gasteiger partial charge on any atom is -0.323 e. The van der Waals surface area contributed by atoms with Crippen molar-refractivity contribution >= 4 is 38.0 Å². The normalized spacial score (nSPS) is 13.0. The second-order valence-electron chi connectivity index (χ2n) is 5.68. The number of hydrogen-bond donors (Lipinski definition) is 1. The van der Waals surface area contributed by atoms with Gasteiger partial charge in [-0.2, -0.15) is 0 Å². The van der Waals surface area contributed by atoms with Crippen molar-refractivity contribution in [2.45, 2.75) is 19.9 Å². The zero-order valence-electron chi connectivity index (χ0n) is 12.1. The molecule has 0 aliphatic rings. The van der Waals surface area contributed by atoms with E-state index in [-0.39, 0.29) is 6.04 Å². The van der Waals surface area contributed by atoms with Crippen molar-refractivity contribution in [2.75, 3.05) is 0 Å². The smallest absolute Gasteiger partial charge is 0.0413 e. The molecule has 3 aromatic rings. The van der Waals surface area contributed by atoms with E-state index in [1.165, 1.54) is 26.1 Å². The Kier molecular flexibility index (Phi) is 4.16. The molecule has 1 heterocycles. The molecule has 0 radical (unpaired) electrons. The van der Waals surface area contributed by atoms with Gasteiger partial charge in [-0.15, -0.1) is 11.3 Å². The molecule has 1 aromatic heterocycles. The lowest BCUT2D eigenvalue weighted by Gasteiger charge is -2.12. The Hall–Kier alpha value is -1.16. The highest BCUT2D eigenvalue weighted by Crippen LogP contribution is 2.34. The first-order valence-electron chi connectivity index (χ1n) is 7.09. The van der Waals surface area contributed by atoms with E-state index < -0.39 is 0 Å². The monoisotopic (exact) mass is 359 g/mol. The molecule has 0 bridgehead atoms. The van der Waals surface area contributed by atoms with Gasteiger partial charge in [-0.3, -0.25) is 0 Å². The van der Waals surface area contributed by atoms with Crippen molar-refractivity contribution in [1.82, 2.24) is 0 Å². The van der Waals surface area contributed by atoms with E-state index in [2.05, 4.69) is 78.3 Å². The molecule has 21 heavy (non-hydrogen) atoms. The largest absolute Gasteiger partial charge is 0.323 e. The number of fused-ring (bicyclic) bond motifs is 1. The van der Waals surface area contributed by atoms with Crippen LogP contribution in [0.25, 0.3) is 21.2 Å². The van der Waals surface area contributed by atoms with E-state index in [0.717, 1.165) is 4.47 Å². The predicted octanol–water partition coefficient (Wildman–Crippen LogP) is 5.99. The number of hydrogen-bond acceptors (Lipinski definition) is 2. The summed E-state index contributed by atoms with van der Waals surface area (Å²) in [7, 11) is 0. The van der Waals surface area contributed by atoms with Gasteiger partial charge in [-0.1, -0.05) is 48.0 Å². The molecule has 0 spiro atoms. The number of rotatable bonds is 3. The summed E-state index contributed by atoms with van der Waals surface area (Å²) in [5, 5.41) is 2.52. The van der Waals surface area contributed by atoms with Gasteiger partial charge in [-0.05, 0) is 52.6 Å². The van der Waals surface area contributed by atoms with Crippen LogP contribution in [0.4, 0.5) is 0 Å². The first-order chi connectivity index (χ1) is 10.0. The molecule has 0 aliphatic carbocycles. The highest BCUT2D eigenvalue weighted by molar-refractivity contribution is 9.10. The van der Waals surface area contributed by atoms with Crippen LogP contribution < -0.4 is 5.73 Å². The highest BCUT2D eigenvalue weighted by atomic mass is 79.9. The summed E-state index contributed by atoms with van der Waals surface area (Å²) in [4.78, 5) is 2.54. The molecule has 1 atom stereocenters. The Morgan fingerprint density at radius 2 is 1.67 bits per heavy atom. The van der Waals surface area contributed by atoms with E-state index in [0.29, 0.717) is 5.92 Å². The lowest BCUT2D eigenvalue weighted by atomic mass is 10.0. The van der Waals surface area contributed by atoms with Crippen molar-refractivity contribution in [2.24, 2.45) is 11.7 Å². The molecule has 3 rings (SSSR count). The first kappa shape index (κ1) is 14.8. The molecule has 0 amide bonds. The van der Waals surface area contributed by atoms with E-state index in [1.54, 1.807) is 11.3 Å². The quantitative estimate of drug-likeness (QED) is 0.610. The Bertz CT molecular complexity index is 776. The van der Waals surface area contributed by atoms with E-state index in [1.807, 2.05) is 0 Å². The molecular weight excluding hydrogens is 342 g/mol. The SMILES string of the molecule is CC(C)C(N)c1ccc(-c2ccc3cc(Br)ccc3c2)s1. The summed E-state index contributed by atoms with van der Waals surface area (Å²) < 4.78 is 1.11. The van der Waals surface area contributed by atoms with Crippen molar-refractivity contribution in [3.05, 3.63) is 57.9 Å². The second kappa shape index (κ2) is 5.91. The Balaban J connectivity index is 1.99. The van der Waals surface area contributed by atoms with Gasteiger partial charge in [0, 0.05) is 20.3 Å². The molecule has 2 N–H and O–H groups in total. The van der Waals surface area contributed by atoms with Crippen LogP contribution in [0.5, 0.6) is 0 Å². The van der Waals surface area contributed by atoms with E-state index >= 15 is 0 Å². The molecule has 0 saturated carbocycles. The molecule has 108 valence electrons. The zero-order chi connectivity index (χ0) is 15.0. The van der Waals surface area contributed by atoms with Crippen LogP contribution in [-0.2, 0) is 0 Å². The lowest BCUT2D eigenvalue weighted by Crippen LogP contribution is -2.14. The second-order valence-corrected chi connectivity index (χ2v) is 7.71. The molecule has 0 aliphatic heterocycles. The average molecular weight is 360 g/mol. The molecule has 1 nitrogen and oxygen atoms in total. The first-order valence-corrected chi connectivity index (χ1v) is 8.70. The summed E-state index contributed by atoms with van der Waals surface area (Å²) in [5.74, 6) is 0.463. The maximum Gasteiger partial charge on any atom is 0.0413 e. The van der Waals surface area contributed by atoms with Crippen molar-refractivity contribution in [3.63, 3.8) is 0 Å². The highest BCUT2D eigenvalue weighted by Gasteiger charge is 2.13. The van der Waals surface area contributed by atoms with Crippen LogP contribution in [-0.4, -0.2) is 0 Å². The summed E-state index contributed by atoms with van der Waals surface area (Å²) in [5.41, 5.74) is 7.50. The Morgan fingerprint density at radius 3 is 2.43 bits per heavy atom. The molecular formula is C18H18BrNS. The van der Waals surface area contributed by atoms with Crippen molar-refractivity contribution in [3.8, 4) is 10.4 Å². The molecule has 0 fully saturated rings. The number of halogens is 1. The average Bonchev–Trinajstić information content (AvgIpc) is 2.95. The Morgan fingerprint density at radius 1 is 0.952 bits per heavy atom. The van der Waals surface area contributed by atoms with Crippen LogP contribution in [0.2, 0.25) is 0 Å². The minimum absolute atomic E-state index is 0.125. The lowest BCUT2D eigenvalue weighted by molar-refractivity contribution is 0.521. The van der Waals surface area contributed by atoms with Crippen LogP contribution in [0.3, 0.4) is 0 Å². The van der Waals surface area contributed by atoms with Gasteiger partial charge in [0.15, 0.2) is 0 Å². The van der Waals surface area contributed by atoms with Crippen molar-refractivity contribution < 1.29 is 0 Å². The minimum atomic E-state index is 0.125. The predicted molar refractivity (Wildman–Crippen MR) is 96.7 cm³/mol. The maximum absolute atomic E-state index is 6.24. The van der Waals surface area contributed by atoms with E-state index in [4.69, 9.17) is 5.73 Å². The van der Waals surface area contributed by atoms with Gasteiger partial charge in [0.2, 0.25) is 0 Å². The van der Waals surface area contributed by atoms with Gasteiger partial charge in [-0.25, -0.2) is 0 Å². The summed E-state index contributed by atoms with van der Waals surface area (Å²) >= 11 is 5.32. The topological polar surface area (TPSA) is 26.0 Å². The van der Waals surface area contributed by atoms with Gasteiger partial charge in [0.1, 0.15) is 0 Å². The van der Waals surface area contributed by atoms with Crippen LogP contribution in [0.1, 0.15) is 24.8 Å². The summed E-state index contributed by atoms with van der Waals surface area (Å²) in [6, 6.07) is 17.5. The summed E-state index contributed by atoms with van der Waals surface area (Å²) in [6.45, 7) is 4.33. The number of thiophene rings is 1. The third kappa shape index (κ3) is 3.05. The maximum atomic E-state index is 6.24. The summed E-state index contributed by atoms with van der Waals surface area (Å²) in [6.07, 6.45) is 0. The van der Waals surface area contributed by atoms with Gasteiger partial charge >= 0.3 is 0 Å². The van der Waals surface area contributed by atoms with Crippen LogP contribution in [0.15, 0.2) is 53.0 Å². The number of benzene rings is 2.